The zero-order valence-electron chi connectivity index (χ0n) is 20.8. The molecule has 0 spiro atoms. The summed E-state index contributed by atoms with van der Waals surface area (Å²) in [6.45, 7) is 6.57. The van der Waals surface area contributed by atoms with Gasteiger partial charge < -0.3 is 15.0 Å². The molecule has 0 aromatic heterocycles. The van der Waals surface area contributed by atoms with Gasteiger partial charge in [-0.05, 0) is 45.4 Å². The zero-order valence-corrected chi connectivity index (χ0v) is 21.6. The number of hydrogen-bond acceptors (Lipinski definition) is 5. The van der Waals surface area contributed by atoms with Gasteiger partial charge in [0, 0.05) is 18.2 Å². The molecule has 2 aromatic carbocycles. The molecular weight excluding hydrogens is 473 g/mol. The van der Waals surface area contributed by atoms with E-state index in [2.05, 4.69) is 5.32 Å². The Bertz CT molecular complexity index is 1130. The van der Waals surface area contributed by atoms with Crippen LogP contribution in [-0.4, -0.2) is 56.6 Å². The molecule has 2 atom stereocenters. The van der Waals surface area contributed by atoms with E-state index in [1.807, 2.05) is 13.8 Å². The van der Waals surface area contributed by atoms with Crippen LogP contribution < -0.4 is 14.4 Å². The molecule has 0 saturated carbocycles. The minimum atomic E-state index is -3.91. The summed E-state index contributed by atoms with van der Waals surface area (Å²) < 4.78 is 46.4. The van der Waals surface area contributed by atoms with Gasteiger partial charge in [-0.15, -0.1) is 0 Å². The van der Waals surface area contributed by atoms with Gasteiger partial charge in [-0.1, -0.05) is 37.3 Å². The lowest BCUT2D eigenvalue weighted by atomic mass is 10.1. The summed E-state index contributed by atoms with van der Waals surface area (Å²) in [6, 6.07) is 11.3. The zero-order chi connectivity index (χ0) is 26.2. The van der Waals surface area contributed by atoms with E-state index >= 15 is 0 Å². The number of sulfonamides is 1. The third kappa shape index (κ3) is 7.68. The smallest absolute Gasteiger partial charge is 0.244 e. The van der Waals surface area contributed by atoms with Crippen LogP contribution >= 0.6 is 0 Å². The van der Waals surface area contributed by atoms with E-state index in [0.717, 1.165) is 10.6 Å². The SMILES string of the molecule is CCOc1ccccc1N(CC(=O)N(Cc1ccccc1F)[C@H](C)C(=O)N[C@@H](C)CC)S(C)(=O)=O. The molecule has 2 rings (SSSR count). The summed E-state index contributed by atoms with van der Waals surface area (Å²) in [6.07, 6.45) is 1.68. The molecule has 0 aliphatic rings. The van der Waals surface area contributed by atoms with E-state index in [9.17, 15) is 22.4 Å². The molecule has 0 aliphatic carbocycles. The standard InChI is InChI=1S/C25H34FN3O5S/c1-6-18(3)27-25(31)19(4)28(16-20-12-8-9-13-21(20)26)24(30)17-29(35(5,32)33)22-14-10-11-15-23(22)34-7-2/h8-15,18-19H,6-7,16-17H2,1-5H3,(H,27,31)/t18-,19+/m0/s1. The van der Waals surface area contributed by atoms with Crippen molar-refractivity contribution in [3.8, 4) is 5.75 Å². The molecule has 0 saturated heterocycles. The number of rotatable bonds is 12. The molecular formula is C25H34FN3O5S. The summed E-state index contributed by atoms with van der Waals surface area (Å²) in [7, 11) is -3.91. The number of ether oxygens (including phenoxy) is 1. The summed E-state index contributed by atoms with van der Waals surface area (Å²) in [5, 5.41) is 2.83. The number of hydrogen-bond donors (Lipinski definition) is 1. The monoisotopic (exact) mass is 507 g/mol. The fourth-order valence-electron chi connectivity index (χ4n) is 3.39. The number of amides is 2. The Kier molecular flexibility index (Phi) is 10.1. The van der Waals surface area contributed by atoms with Crippen LogP contribution in [0.2, 0.25) is 0 Å². The Balaban J connectivity index is 2.45. The van der Waals surface area contributed by atoms with Gasteiger partial charge in [0.2, 0.25) is 21.8 Å². The number of nitrogens with zero attached hydrogens (tertiary/aromatic N) is 2. The maximum absolute atomic E-state index is 14.4. The van der Waals surface area contributed by atoms with Crippen LogP contribution in [-0.2, 0) is 26.2 Å². The van der Waals surface area contributed by atoms with Crippen LogP contribution in [0.5, 0.6) is 5.75 Å². The Hall–Kier alpha value is -3.14. The van der Waals surface area contributed by atoms with Crippen LogP contribution in [0, 0.1) is 5.82 Å². The van der Waals surface area contributed by atoms with Crippen molar-refractivity contribution in [3.63, 3.8) is 0 Å². The van der Waals surface area contributed by atoms with E-state index < -0.39 is 40.2 Å². The van der Waals surface area contributed by atoms with E-state index in [4.69, 9.17) is 4.74 Å². The molecule has 0 aliphatic heterocycles. The summed E-state index contributed by atoms with van der Waals surface area (Å²) in [4.78, 5) is 27.6. The number of carbonyl (C=O) groups is 2. The summed E-state index contributed by atoms with van der Waals surface area (Å²) in [5.41, 5.74) is 0.414. The first-order valence-electron chi connectivity index (χ1n) is 11.5. The maximum Gasteiger partial charge on any atom is 0.244 e. The average molecular weight is 508 g/mol. The predicted octanol–water partition coefficient (Wildman–Crippen LogP) is 3.32. The Morgan fingerprint density at radius 2 is 1.69 bits per heavy atom. The fourth-order valence-corrected chi connectivity index (χ4v) is 4.25. The highest BCUT2D eigenvalue weighted by Crippen LogP contribution is 2.30. The predicted molar refractivity (Wildman–Crippen MR) is 134 cm³/mol. The molecule has 8 nitrogen and oxygen atoms in total. The number of halogens is 1. The minimum Gasteiger partial charge on any atom is -0.492 e. The van der Waals surface area contributed by atoms with Gasteiger partial charge in [-0.3, -0.25) is 13.9 Å². The second kappa shape index (κ2) is 12.5. The summed E-state index contributed by atoms with van der Waals surface area (Å²) >= 11 is 0. The molecule has 35 heavy (non-hydrogen) atoms. The van der Waals surface area contributed by atoms with E-state index in [0.29, 0.717) is 18.8 Å². The molecule has 0 heterocycles. The van der Waals surface area contributed by atoms with Gasteiger partial charge in [0.1, 0.15) is 24.2 Å². The lowest BCUT2D eigenvalue weighted by Gasteiger charge is -2.32. The molecule has 2 aromatic rings. The highest BCUT2D eigenvalue weighted by atomic mass is 32.2. The molecule has 192 valence electrons. The normalized spacial score (nSPS) is 13.0. The third-order valence-corrected chi connectivity index (χ3v) is 6.71. The van der Waals surface area contributed by atoms with Gasteiger partial charge in [-0.2, -0.15) is 0 Å². The van der Waals surface area contributed by atoms with E-state index in [1.54, 1.807) is 37.3 Å². The van der Waals surface area contributed by atoms with Crippen LogP contribution in [0.1, 0.15) is 39.7 Å². The van der Waals surface area contributed by atoms with Crippen molar-refractivity contribution in [1.29, 1.82) is 0 Å². The van der Waals surface area contributed by atoms with Gasteiger partial charge >= 0.3 is 0 Å². The largest absolute Gasteiger partial charge is 0.492 e. The van der Waals surface area contributed by atoms with Crippen LogP contribution in [0.3, 0.4) is 0 Å². The molecule has 0 radical (unpaired) electrons. The summed E-state index contributed by atoms with van der Waals surface area (Å²) in [5.74, 6) is -1.29. The minimum absolute atomic E-state index is 0.124. The van der Waals surface area contributed by atoms with Crippen molar-refractivity contribution in [2.75, 3.05) is 23.7 Å². The molecule has 2 amide bonds. The lowest BCUT2D eigenvalue weighted by Crippen LogP contribution is -2.52. The second-order valence-electron chi connectivity index (χ2n) is 8.28. The van der Waals surface area contributed by atoms with Crippen molar-refractivity contribution in [2.45, 2.75) is 52.7 Å². The van der Waals surface area contributed by atoms with Crippen molar-refractivity contribution >= 4 is 27.5 Å². The van der Waals surface area contributed by atoms with Crippen LogP contribution in [0.4, 0.5) is 10.1 Å². The molecule has 1 N–H and O–H groups in total. The topological polar surface area (TPSA) is 96.0 Å². The maximum atomic E-state index is 14.4. The van der Waals surface area contributed by atoms with Crippen molar-refractivity contribution in [3.05, 3.63) is 59.9 Å². The van der Waals surface area contributed by atoms with Gasteiger partial charge in [0.25, 0.3) is 0 Å². The molecule has 10 heteroatoms. The first kappa shape index (κ1) is 28.1. The second-order valence-corrected chi connectivity index (χ2v) is 10.2. The highest BCUT2D eigenvalue weighted by Gasteiger charge is 2.31. The van der Waals surface area contributed by atoms with Crippen LogP contribution in [0.25, 0.3) is 0 Å². The number of carbonyl (C=O) groups excluding carboxylic acids is 2. The first-order chi connectivity index (χ1) is 16.5. The molecule has 0 fully saturated rings. The lowest BCUT2D eigenvalue weighted by molar-refractivity contribution is -0.139. The highest BCUT2D eigenvalue weighted by molar-refractivity contribution is 7.92. The van der Waals surface area contributed by atoms with Crippen molar-refractivity contribution in [1.82, 2.24) is 10.2 Å². The van der Waals surface area contributed by atoms with Crippen molar-refractivity contribution < 1.29 is 27.1 Å². The average Bonchev–Trinajstić information content (AvgIpc) is 2.81. The molecule has 0 bridgehead atoms. The number of benzene rings is 2. The Morgan fingerprint density at radius 1 is 1.06 bits per heavy atom. The molecule has 0 unspecified atom stereocenters. The van der Waals surface area contributed by atoms with E-state index in [1.165, 1.54) is 30.0 Å². The quantitative estimate of drug-likeness (QED) is 0.476. The Labute approximate surface area is 207 Å². The van der Waals surface area contributed by atoms with Crippen LogP contribution in [0.15, 0.2) is 48.5 Å². The van der Waals surface area contributed by atoms with Crippen molar-refractivity contribution in [2.24, 2.45) is 0 Å². The van der Waals surface area contributed by atoms with E-state index in [-0.39, 0.29) is 23.8 Å². The third-order valence-electron chi connectivity index (χ3n) is 5.58. The van der Waals surface area contributed by atoms with Gasteiger partial charge in [0.15, 0.2) is 0 Å². The Morgan fingerprint density at radius 3 is 2.29 bits per heavy atom. The van der Waals surface area contributed by atoms with Gasteiger partial charge in [0.05, 0.1) is 18.6 Å². The first-order valence-corrected chi connectivity index (χ1v) is 13.4. The number of para-hydroxylation sites is 2. The van der Waals surface area contributed by atoms with Gasteiger partial charge in [-0.25, -0.2) is 12.8 Å². The fraction of sp³-hybridized carbons (Fsp3) is 0.440. The number of anilines is 1. The number of nitrogens with one attached hydrogen (secondary N) is 1.